The van der Waals surface area contributed by atoms with Gasteiger partial charge < -0.3 is 10.1 Å². The van der Waals surface area contributed by atoms with Crippen LogP contribution in [0.1, 0.15) is 63.4 Å². The summed E-state index contributed by atoms with van der Waals surface area (Å²) in [5.74, 6) is -0.326. The first-order valence-electron chi connectivity index (χ1n) is 12.4. The van der Waals surface area contributed by atoms with Crippen LogP contribution in [0.4, 0.5) is 4.39 Å². The molecule has 0 spiro atoms. The average Bonchev–Trinajstić information content (AvgIpc) is 3.33. The Kier molecular flexibility index (Phi) is 12.5. The molecule has 3 aromatic rings. The van der Waals surface area contributed by atoms with Gasteiger partial charge in [0.05, 0.1) is 42.2 Å². The van der Waals surface area contributed by atoms with Gasteiger partial charge in [-0.2, -0.15) is 5.10 Å². The molecule has 1 N–H and O–H groups in total. The number of allylic oxidation sites excluding steroid dienone is 1. The number of ether oxygens (including phenoxy) is 1. The van der Waals surface area contributed by atoms with Crippen LogP contribution >= 0.6 is 11.8 Å². The Morgan fingerprint density at radius 3 is 2.53 bits per heavy atom. The van der Waals surface area contributed by atoms with Crippen LogP contribution in [-0.2, 0) is 14.3 Å². The molecular weight excluding hydrogens is 503 g/mol. The van der Waals surface area contributed by atoms with Crippen LogP contribution in [0.5, 0.6) is 0 Å². The molecule has 1 unspecified atom stereocenters. The van der Waals surface area contributed by atoms with Crippen LogP contribution < -0.4 is 5.32 Å². The van der Waals surface area contributed by atoms with E-state index in [0.29, 0.717) is 34.7 Å². The second-order valence-electron chi connectivity index (χ2n) is 8.24. The quantitative estimate of drug-likeness (QED) is 0.183. The van der Waals surface area contributed by atoms with Crippen LogP contribution in [0.15, 0.2) is 66.5 Å². The van der Waals surface area contributed by atoms with Crippen LogP contribution in [-0.4, -0.2) is 39.5 Å². The molecule has 0 aliphatic heterocycles. The second kappa shape index (κ2) is 15.5. The smallest absolute Gasteiger partial charge is 0.306 e. The van der Waals surface area contributed by atoms with Crippen molar-refractivity contribution in [2.75, 3.05) is 12.9 Å². The predicted octanol–water partition coefficient (Wildman–Crippen LogP) is 6.40. The summed E-state index contributed by atoms with van der Waals surface area (Å²) in [6.45, 7) is 11.8. The third-order valence-corrected chi connectivity index (χ3v) is 6.21. The first kappa shape index (κ1) is 30.5. The monoisotopic (exact) mass is 538 g/mol. The van der Waals surface area contributed by atoms with Gasteiger partial charge in [-0.3, -0.25) is 9.59 Å². The van der Waals surface area contributed by atoms with Gasteiger partial charge in [0.2, 0.25) is 0 Å². The lowest BCUT2D eigenvalue weighted by Crippen LogP contribution is -2.27. The zero-order chi connectivity index (χ0) is 28.1. The SMILES string of the molecule is C=Cc1c(/C(=C\C)C(=O)NC(C)c2ccnc(SCCC(=O)OC)c2)cnn1-c1ccc(F)cc1.CCC. The molecular formula is C29H35FN4O3S. The van der Waals surface area contributed by atoms with Gasteiger partial charge in [-0.05, 0) is 61.9 Å². The number of halogens is 1. The number of hydrogen-bond acceptors (Lipinski definition) is 6. The third-order valence-electron chi connectivity index (χ3n) is 5.28. The van der Waals surface area contributed by atoms with Crippen molar-refractivity contribution in [3.05, 3.63) is 84.1 Å². The maximum atomic E-state index is 13.3. The molecule has 202 valence electrons. The third kappa shape index (κ3) is 8.41. The Hall–Kier alpha value is -3.72. The van der Waals surface area contributed by atoms with E-state index >= 15 is 0 Å². The van der Waals surface area contributed by atoms with Crippen molar-refractivity contribution in [2.24, 2.45) is 0 Å². The predicted molar refractivity (Wildman–Crippen MR) is 151 cm³/mol. The zero-order valence-corrected chi connectivity index (χ0v) is 23.3. The lowest BCUT2D eigenvalue weighted by Gasteiger charge is -2.16. The number of pyridine rings is 1. The van der Waals surface area contributed by atoms with E-state index in [1.165, 1.54) is 37.4 Å². The number of amides is 1. The molecule has 0 saturated carbocycles. The van der Waals surface area contributed by atoms with E-state index in [4.69, 9.17) is 0 Å². The molecule has 3 rings (SSSR count). The Balaban J connectivity index is 0.00000161. The summed E-state index contributed by atoms with van der Waals surface area (Å²) in [4.78, 5) is 28.8. The summed E-state index contributed by atoms with van der Waals surface area (Å²) in [5.41, 5.74) is 3.23. The molecule has 0 aliphatic rings. The van der Waals surface area contributed by atoms with Gasteiger partial charge in [-0.25, -0.2) is 14.1 Å². The van der Waals surface area contributed by atoms with E-state index in [0.717, 1.165) is 10.6 Å². The molecule has 0 fully saturated rings. The number of carbonyl (C=O) groups is 2. The first-order valence-corrected chi connectivity index (χ1v) is 13.4. The second-order valence-corrected chi connectivity index (χ2v) is 9.36. The maximum absolute atomic E-state index is 13.3. The van der Waals surface area contributed by atoms with Gasteiger partial charge in [-0.1, -0.05) is 32.9 Å². The van der Waals surface area contributed by atoms with Gasteiger partial charge in [-0.15, -0.1) is 11.8 Å². The van der Waals surface area contributed by atoms with Crippen LogP contribution in [0.2, 0.25) is 0 Å². The normalized spacial score (nSPS) is 11.7. The van der Waals surface area contributed by atoms with Gasteiger partial charge in [0.25, 0.3) is 5.91 Å². The summed E-state index contributed by atoms with van der Waals surface area (Å²) in [6.07, 6.45) is 8.16. The average molecular weight is 539 g/mol. The Morgan fingerprint density at radius 2 is 1.92 bits per heavy atom. The summed E-state index contributed by atoms with van der Waals surface area (Å²) >= 11 is 1.45. The minimum atomic E-state index is -0.343. The van der Waals surface area contributed by atoms with E-state index in [2.05, 4.69) is 40.6 Å². The Morgan fingerprint density at radius 1 is 1.24 bits per heavy atom. The van der Waals surface area contributed by atoms with Crippen LogP contribution in [0.3, 0.4) is 0 Å². The fourth-order valence-electron chi connectivity index (χ4n) is 3.43. The highest BCUT2D eigenvalue weighted by atomic mass is 32.2. The molecule has 9 heteroatoms. The molecule has 38 heavy (non-hydrogen) atoms. The van der Waals surface area contributed by atoms with Crippen molar-refractivity contribution in [1.82, 2.24) is 20.1 Å². The molecule has 0 saturated heterocycles. The summed E-state index contributed by atoms with van der Waals surface area (Å²) in [7, 11) is 1.36. The molecule has 1 aromatic carbocycles. The molecule has 0 radical (unpaired) electrons. The molecule has 1 amide bonds. The number of hydrogen-bond donors (Lipinski definition) is 1. The van der Waals surface area contributed by atoms with Gasteiger partial charge in [0, 0.05) is 23.1 Å². The van der Waals surface area contributed by atoms with E-state index in [-0.39, 0.29) is 23.7 Å². The lowest BCUT2D eigenvalue weighted by atomic mass is 10.0. The number of benzene rings is 1. The fraction of sp³-hybridized carbons (Fsp3) is 0.310. The van der Waals surface area contributed by atoms with Crippen molar-refractivity contribution in [3.63, 3.8) is 0 Å². The van der Waals surface area contributed by atoms with Gasteiger partial charge >= 0.3 is 5.97 Å². The van der Waals surface area contributed by atoms with Crippen LogP contribution in [0, 0.1) is 5.82 Å². The highest BCUT2D eigenvalue weighted by molar-refractivity contribution is 7.99. The van der Waals surface area contributed by atoms with Crippen molar-refractivity contribution >= 4 is 35.3 Å². The number of thioether (sulfide) groups is 1. The largest absolute Gasteiger partial charge is 0.469 e. The number of aromatic nitrogens is 3. The lowest BCUT2D eigenvalue weighted by molar-refractivity contribution is -0.140. The number of rotatable bonds is 10. The van der Waals surface area contributed by atoms with E-state index in [1.807, 2.05) is 19.1 Å². The van der Waals surface area contributed by atoms with Crippen molar-refractivity contribution in [3.8, 4) is 5.69 Å². The van der Waals surface area contributed by atoms with Gasteiger partial charge in [0.15, 0.2) is 0 Å². The number of methoxy groups -OCH3 is 1. The minimum absolute atomic E-state index is 0.265. The summed E-state index contributed by atoms with van der Waals surface area (Å²) in [5, 5.41) is 8.17. The van der Waals surface area contributed by atoms with Crippen LogP contribution in [0.25, 0.3) is 17.3 Å². The van der Waals surface area contributed by atoms with Crippen molar-refractivity contribution in [1.29, 1.82) is 0 Å². The fourth-order valence-corrected chi connectivity index (χ4v) is 4.26. The summed E-state index contributed by atoms with van der Waals surface area (Å²) < 4.78 is 19.6. The minimum Gasteiger partial charge on any atom is -0.469 e. The highest BCUT2D eigenvalue weighted by Crippen LogP contribution is 2.26. The topological polar surface area (TPSA) is 86.1 Å². The highest BCUT2D eigenvalue weighted by Gasteiger charge is 2.20. The molecule has 0 aliphatic carbocycles. The molecule has 7 nitrogen and oxygen atoms in total. The molecule has 2 aromatic heterocycles. The first-order chi connectivity index (χ1) is 18.3. The Labute approximate surface area is 228 Å². The zero-order valence-electron chi connectivity index (χ0n) is 22.5. The standard InChI is InChI=1S/C26H27FN4O3S.C3H8/c1-5-21(22-16-29-31(23(22)6-2)20-9-7-19(27)8-10-20)26(33)30-17(3)18-11-13-28-24(15-18)35-14-12-25(32)34-4;1-3-2/h5-11,13,15-17H,2,12,14H2,1,3-4H3,(H,30,33);3H2,1-2H3/b21-5+;. The molecule has 1 atom stereocenters. The van der Waals surface area contributed by atoms with E-state index < -0.39 is 0 Å². The summed E-state index contributed by atoms with van der Waals surface area (Å²) in [6, 6.07) is 9.37. The molecule has 0 bridgehead atoms. The van der Waals surface area contributed by atoms with Gasteiger partial charge in [0.1, 0.15) is 5.82 Å². The number of carbonyl (C=O) groups excluding carboxylic acids is 2. The van der Waals surface area contributed by atoms with E-state index in [9.17, 15) is 14.0 Å². The number of nitrogens with zero attached hydrogens (tertiary/aromatic N) is 3. The number of nitrogens with one attached hydrogen (secondary N) is 1. The molecule has 2 heterocycles. The van der Waals surface area contributed by atoms with Crippen molar-refractivity contribution < 1.29 is 18.7 Å². The maximum Gasteiger partial charge on any atom is 0.306 e. The number of esters is 1. The van der Waals surface area contributed by atoms with Crippen molar-refractivity contribution in [2.45, 2.75) is 51.6 Å². The Bertz CT molecular complexity index is 1250. The van der Waals surface area contributed by atoms with E-state index in [1.54, 1.807) is 48.3 Å².